The van der Waals surface area contributed by atoms with Gasteiger partial charge in [0, 0.05) is 13.1 Å². The number of piperidine rings is 1. The minimum atomic E-state index is -0.537. The lowest BCUT2D eigenvalue weighted by molar-refractivity contribution is -0.135. The highest BCUT2D eigenvalue weighted by Gasteiger charge is 2.18. The summed E-state index contributed by atoms with van der Waals surface area (Å²) in [6.45, 7) is 1.25. The predicted octanol–water partition coefficient (Wildman–Crippen LogP) is 0.832. The van der Waals surface area contributed by atoms with Gasteiger partial charge in [0.15, 0.2) is 6.61 Å². The second kappa shape index (κ2) is 6.99. The highest BCUT2D eigenvalue weighted by atomic mass is 16.5. The summed E-state index contributed by atoms with van der Waals surface area (Å²) < 4.78 is 6.56. The molecule has 8 nitrogen and oxygen atoms in total. The van der Waals surface area contributed by atoms with Crippen LogP contribution in [0.1, 0.15) is 29.6 Å². The summed E-state index contributed by atoms with van der Waals surface area (Å²) in [5.74, 6) is -0.681. The molecule has 1 aliphatic heterocycles. The molecule has 0 N–H and O–H groups in total. The van der Waals surface area contributed by atoms with Crippen LogP contribution < -0.4 is 0 Å². The molecule has 1 fully saturated rings. The Labute approximate surface area is 133 Å². The topological polar surface area (TPSA) is 90.2 Å². The molecule has 1 aromatic heterocycles. The van der Waals surface area contributed by atoms with Gasteiger partial charge in [0.2, 0.25) is 0 Å². The van der Waals surface area contributed by atoms with E-state index in [9.17, 15) is 9.59 Å². The van der Waals surface area contributed by atoms with Crippen LogP contribution in [-0.4, -0.2) is 56.7 Å². The van der Waals surface area contributed by atoms with Crippen molar-refractivity contribution < 1.29 is 14.3 Å². The fourth-order valence-electron chi connectivity index (χ4n) is 2.50. The van der Waals surface area contributed by atoms with E-state index in [-0.39, 0.29) is 12.5 Å². The van der Waals surface area contributed by atoms with E-state index in [4.69, 9.17) is 4.74 Å². The molecule has 3 rings (SSSR count). The number of nitrogens with zero attached hydrogens (tertiary/aromatic N) is 5. The molecule has 23 heavy (non-hydrogen) atoms. The van der Waals surface area contributed by atoms with E-state index in [0.717, 1.165) is 32.4 Å². The Balaban J connectivity index is 1.60. The molecule has 0 bridgehead atoms. The normalized spacial score (nSPS) is 14.5. The summed E-state index contributed by atoms with van der Waals surface area (Å²) in [5, 5.41) is 10.9. The summed E-state index contributed by atoms with van der Waals surface area (Å²) in [4.78, 5) is 25.8. The van der Waals surface area contributed by atoms with Crippen LogP contribution in [0.4, 0.5) is 0 Å². The molecule has 1 saturated heterocycles. The molecule has 0 spiro atoms. The van der Waals surface area contributed by atoms with Gasteiger partial charge in [0.05, 0.1) is 11.3 Å². The number of amides is 1. The molecule has 0 aliphatic carbocycles. The highest BCUT2D eigenvalue weighted by molar-refractivity contribution is 5.91. The maximum Gasteiger partial charge on any atom is 0.338 e. The average Bonchev–Trinajstić information content (AvgIpc) is 3.15. The summed E-state index contributed by atoms with van der Waals surface area (Å²) in [5.41, 5.74) is 0.997. The highest BCUT2D eigenvalue weighted by Crippen LogP contribution is 2.11. The number of carbonyl (C=O) groups is 2. The van der Waals surface area contributed by atoms with Gasteiger partial charge in [-0.3, -0.25) is 4.79 Å². The lowest BCUT2D eigenvalue weighted by Gasteiger charge is -2.26. The zero-order chi connectivity index (χ0) is 16.1. The molecular weight excluding hydrogens is 298 g/mol. The SMILES string of the molecule is O=C(OCC(=O)N1CCCCC1)c1cccc(-n2cnnn2)c1. The molecular formula is C15H17N5O3. The molecule has 1 amide bonds. The van der Waals surface area contributed by atoms with Crippen molar-refractivity contribution in [3.8, 4) is 5.69 Å². The maximum absolute atomic E-state index is 12.1. The Morgan fingerprint density at radius 2 is 2.00 bits per heavy atom. The van der Waals surface area contributed by atoms with E-state index >= 15 is 0 Å². The van der Waals surface area contributed by atoms with Gasteiger partial charge in [-0.25, -0.2) is 9.48 Å². The first-order valence-electron chi connectivity index (χ1n) is 7.52. The Morgan fingerprint density at radius 1 is 1.17 bits per heavy atom. The van der Waals surface area contributed by atoms with E-state index in [1.54, 1.807) is 29.2 Å². The molecule has 2 aromatic rings. The number of aromatic nitrogens is 4. The van der Waals surface area contributed by atoms with Crippen molar-refractivity contribution in [2.24, 2.45) is 0 Å². The van der Waals surface area contributed by atoms with Crippen LogP contribution in [0, 0.1) is 0 Å². The van der Waals surface area contributed by atoms with Crippen molar-refractivity contribution in [1.82, 2.24) is 25.1 Å². The van der Waals surface area contributed by atoms with Gasteiger partial charge in [-0.2, -0.15) is 0 Å². The van der Waals surface area contributed by atoms with Crippen LogP contribution in [0.5, 0.6) is 0 Å². The van der Waals surface area contributed by atoms with Crippen LogP contribution in [0.3, 0.4) is 0 Å². The molecule has 1 aromatic carbocycles. The van der Waals surface area contributed by atoms with Crippen LogP contribution >= 0.6 is 0 Å². The first kappa shape index (κ1) is 15.1. The number of hydrogen-bond acceptors (Lipinski definition) is 6. The standard InChI is InChI=1S/C15H17N5O3/c21-14(19-7-2-1-3-8-19)10-23-15(22)12-5-4-6-13(9-12)20-11-16-17-18-20/h4-6,9,11H,1-3,7-8,10H2. The van der Waals surface area contributed by atoms with Crippen molar-refractivity contribution in [3.05, 3.63) is 36.2 Å². The van der Waals surface area contributed by atoms with Crippen molar-refractivity contribution in [1.29, 1.82) is 0 Å². The number of ether oxygens (including phenoxy) is 1. The zero-order valence-corrected chi connectivity index (χ0v) is 12.6. The number of rotatable bonds is 4. The smallest absolute Gasteiger partial charge is 0.338 e. The number of carbonyl (C=O) groups excluding carboxylic acids is 2. The number of benzene rings is 1. The van der Waals surface area contributed by atoms with Gasteiger partial charge >= 0.3 is 5.97 Å². The Kier molecular flexibility index (Phi) is 4.60. The largest absolute Gasteiger partial charge is 0.452 e. The first-order chi connectivity index (χ1) is 11.2. The Morgan fingerprint density at radius 3 is 2.74 bits per heavy atom. The Hall–Kier alpha value is -2.77. The molecule has 8 heteroatoms. The van der Waals surface area contributed by atoms with Crippen molar-refractivity contribution >= 4 is 11.9 Å². The lowest BCUT2D eigenvalue weighted by atomic mass is 10.1. The minimum Gasteiger partial charge on any atom is -0.452 e. The maximum atomic E-state index is 12.1. The van der Waals surface area contributed by atoms with Crippen LogP contribution in [0.15, 0.2) is 30.6 Å². The third-order valence-electron chi connectivity index (χ3n) is 3.73. The van der Waals surface area contributed by atoms with Gasteiger partial charge in [-0.15, -0.1) is 5.10 Å². The quantitative estimate of drug-likeness (QED) is 0.776. The second-order valence-corrected chi connectivity index (χ2v) is 5.32. The third kappa shape index (κ3) is 3.71. The van der Waals surface area contributed by atoms with Crippen LogP contribution in [0.25, 0.3) is 5.69 Å². The second-order valence-electron chi connectivity index (χ2n) is 5.32. The van der Waals surface area contributed by atoms with Gasteiger partial charge in [-0.1, -0.05) is 6.07 Å². The van der Waals surface area contributed by atoms with Crippen molar-refractivity contribution in [2.45, 2.75) is 19.3 Å². The van der Waals surface area contributed by atoms with E-state index in [1.807, 2.05) is 0 Å². The van der Waals surface area contributed by atoms with Gasteiger partial charge in [0.1, 0.15) is 6.33 Å². The van der Waals surface area contributed by atoms with E-state index in [2.05, 4.69) is 15.5 Å². The zero-order valence-electron chi connectivity index (χ0n) is 12.6. The molecule has 2 heterocycles. The van der Waals surface area contributed by atoms with E-state index in [1.165, 1.54) is 11.0 Å². The van der Waals surface area contributed by atoms with Crippen molar-refractivity contribution in [3.63, 3.8) is 0 Å². The number of tetrazole rings is 1. The molecule has 1 aliphatic rings. The summed E-state index contributed by atoms with van der Waals surface area (Å²) in [7, 11) is 0. The Bertz CT molecular complexity index is 680. The summed E-state index contributed by atoms with van der Waals surface area (Å²) >= 11 is 0. The summed E-state index contributed by atoms with van der Waals surface area (Å²) in [6, 6.07) is 6.72. The first-order valence-corrected chi connectivity index (χ1v) is 7.52. The number of esters is 1. The van der Waals surface area contributed by atoms with Crippen LogP contribution in [0.2, 0.25) is 0 Å². The molecule has 0 atom stereocenters. The number of likely N-dealkylation sites (tertiary alicyclic amines) is 1. The fourth-order valence-corrected chi connectivity index (χ4v) is 2.50. The lowest BCUT2D eigenvalue weighted by Crippen LogP contribution is -2.38. The summed E-state index contributed by atoms with van der Waals surface area (Å²) in [6.07, 6.45) is 4.60. The molecule has 0 saturated carbocycles. The average molecular weight is 315 g/mol. The molecule has 0 unspecified atom stereocenters. The van der Waals surface area contributed by atoms with E-state index in [0.29, 0.717) is 11.3 Å². The minimum absolute atomic E-state index is 0.144. The third-order valence-corrected chi connectivity index (χ3v) is 3.73. The fraction of sp³-hybridized carbons (Fsp3) is 0.400. The van der Waals surface area contributed by atoms with E-state index < -0.39 is 5.97 Å². The van der Waals surface area contributed by atoms with Gasteiger partial charge in [-0.05, 0) is 47.9 Å². The van der Waals surface area contributed by atoms with Crippen LogP contribution in [-0.2, 0) is 9.53 Å². The van der Waals surface area contributed by atoms with Gasteiger partial charge < -0.3 is 9.64 Å². The van der Waals surface area contributed by atoms with Crippen molar-refractivity contribution in [2.75, 3.05) is 19.7 Å². The molecule has 120 valence electrons. The van der Waals surface area contributed by atoms with Gasteiger partial charge in [0.25, 0.3) is 5.91 Å². The predicted molar refractivity (Wildman–Crippen MR) is 79.9 cm³/mol. The molecule has 0 radical (unpaired) electrons. The monoisotopic (exact) mass is 315 g/mol. The number of hydrogen-bond donors (Lipinski definition) is 0.